The molecule has 1 N–H and O–H groups in total. The molecule has 0 aliphatic heterocycles. The second-order valence-electron chi connectivity index (χ2n) is 4.16. The minimum atomic E-state index is -0.475. The van der Waals surface area contributed by atoms with E-state index in [0.29, 0.717) is 35.5 Å². The topological polar surface area (TPSA) is 77.6 Å². The number of aromatic amines is 1. The van der Waals surface area contributed by atoms with Gasteiger partial charge < -0.3 is 19.2 Å². The van der Waals surface area contributed by atoms with Gasteiger partial charge in [-0.05, 0) is 27.2 Å². The Balaban J connectivity index is 3.20. The van der Waals surface area contributed by atoms with Crippen LogP contribution in [0.2, 0.25) is 0 Å². The van der Waals surface area contributed by atoms with Crippen molar-refractivity contribution in [2.75, 3.05) is 26.9 Å². The van der Waals surface area contributed by atoms with E-state index in [9.17, 15) is 9.59 Å². The summed E-state index contributed by atoms with van der Waals surface area (Å²) in [5.74, 6) is -0.917. The van der Waals surface area contributed by atoms with Crippen molar-refractivity contribution >= 4 is 11.9 Å². The van der Waals surface area contributed by atoms with Gasteiger partial charge in [0.1, 0.15) is 5.69 Å². The van der Waals surface area contributed by atoms with Gasteiger partial charge in [0.05, 0.1) is 25.4 Å². The maximum absolute atomic E-state index is 12.0. The van der Waals surface area contributed by atoms with E-state index in [1.165, 1.54) is 0 Å². The van der Waals surface area contributed by atoms with Crippen molar-refractivity contribution in [2.45, 2.75) is 27.2 Å². The molecular formula is C14H21NO5. The number of carbonyl (C=O) groups is 2. The highest BCUT2D eigenvalue weighted by atomic mass is 16.5. The lowest BCUT2D eigenvalue weighted by molar-refractivity contribution is 0.0517. The van der Waals surface area contributed by atoms with Gasteiger partial charge in [-0.15, -0.1) is 0 Å². The van der Waals surface area contributed by atoms with Crippen molar-refractivity contribution < 1.29 is 23.8 Å². The molecule has 0 unspecified atom stereocenters. The van der Waals surface area contributed by atoms with Crippen LogP contribution in [-0.2, 0) is 20.6 Å². The summed E-state index contributed by atoms with van der Waals surface area (Å²) >= 11 is 0. The van der Waals surface area contributed by atoms with Crippen molar-refractivity contribution in [3.05, 3.63) is 22.5 Å². The standard InChI is InChI=1S/C14H21NO5/c1-5-19-13(16)11-9(3)15-12(14(17)20-6-2)10(11)7-8-18-4/h15H,5-8H2,1-4H3. The first-order chi connectivity index (χ1) is 9.56. The summed E-state index contributed by atoms with van der Waals surface area (Å²) in [4.78, 5) is 26.9. The molecule has 1 aromatic heterocycles. The van der Waals surface area contributed by atoms with Gasteiger partial charge in [-0.2, -0.15) is 0 Å². The smallest absolute Gasteiger partial charge is 0.355 e. The lowest BCUT2D eigenvalue weighted by atomic mass is 10.1. The lowest BCUT2D eigenvalue weighted by Crippen LogP contribution is -2.12. The Bertz CT molecular complexity index is 478. The fourth-order valence-electron chi connectivity index (χ4n) is 1.99. The number of rotatable bonds is 7. The summed E-state index contributed by atoms with van der Waals surface area (Å²) in [5.41, 5.74) is 1.87. The molecule has 0 aliphatic carbocycles. The molecule has 1 aromatic rings. The van der Waals surface area contributed by atoms with Crippen molar-refractivity contribution in [3.8, 4) is 0 Å². The summed E-state index contributed by atoms with van der Waals surface area (Å²) in [6.07, 6.45) is 0.434. The highest BCUT2D eigenvalue weighted by Gasteiger charge is 2.25. The monoisotopic (exact) mass is 283 g/mol. The SMILES string of the molecule is CCOC(=O)c1[nH]c(C)c(C(=O)OCC)c1CCOC. The van der Waals surface area contributed by atoms with E-state index in [2.05, 4.69) is 4.98 Å². The second-order valence-corrected chi connectivity index (χ2v) is 4.16. The Kier molecular flexibility index (Phi) is 6.24. The second kappa shape index (κ2) is 7.69. The van der Waals surface area contributed by atoms with E-state index in [1.54, 1.807) is 27.9 Å². The normalized spacial score (nSPS) is 10.4. The van der Waals surface area contributed by atoms with Crippen LogP contribution < -0.4 is 0 Å². The number of hydrogen-bond acceptors (Lipinski definition) is 5. The lowest BCUT2D eigenvalue weighted by Gasteiger charge is -2.07. The van der Waals surface area contributed by atoms with E-state index >= 15 is 0 Å². The number of methoxy groups -OCH3 is 1. The van der Waals surface area contributed by atoms with Crippen molar-refractivity contribution in [2.24, 2.45) is 0 Å². The minimum Gasteiger partial charge on any atom is -0.462 e. The Hall–Kier alpha value is -1.82. The number of esters is 2. The van der Waals surface area contributed by atoms with Crippen LogP contribution in [0.3, 0.4) is 0 Å². The summed E-state index contributed by atoms with van der Waals surface area (Å²) in [6.45, 7) is 6.15. The predicted octanol–water partition coefficient (Wildman–Crippen LogP) is 1.87. The van der Waals surface area contributed by atoms with Crippen molar-refractivity contribution in [1.82, 2.24) is 4.98 Å². The van der Waals surface area contributed by atoms with E-state index in [-0.39, 0.29) is 13.2 Å². The molecule has 0 aromatic carbocycles. The molecule has 0 radical (unpaired) electrons. The van der Waals surface area contributed by atoms with Crippen LogP contribution in [0.1, 0.15) is 46.0 Å². The van der Waals surface area contributed by atoms with Crippen LogP contribution in [0, 0.1) is 6.92 Å². The fourth-order valence-corrected chi connectivity index (χ4v) is 1.99. The van der Waals surface area contributed by atoms with Gasteiger partial charge in [0.2, 0.25) is 0 Å². The molecule has 6 nitrogen and oxygen atoms in total. The van der Waals surface area contributed by atoms with Crippen LogP contribution in [0.4, 0.5) is 0 Å². The third kappa shape index (κ3) is 3.60. The molecule has 1 heterocycles. The van der Waals surface area contributed by atoms with E-state index in [1.807, 2.05) is 0 Å². The summed E-state index contributed by atoms with van der Waals surface area (Å²) < 4.78 is 15.1. The highest BCUT2D eigenvalue weighted by Crippen LogP contribution is 2.21. The van der Waals surface area contributed by atoms with Crippen LogP contribution in [-0.4, -0.2) is 43.9 Å². The summed E-state index contributed by atoms with van der Waals surface area (Å²) in [7, 11) is 1.56. The Morgan fingerprint density at radius 3 is 2.25 bits per heavy atom. The zero-order valence-corrected chi connectivity index (χ0v) is 12.4. The van der Waals surface area contributed by atoms with Gasteiger partial charge in [0.25, 0.3) is 0 Å². The molecule has 0 amide bonds. The number of ether oxygens (including phenoxy) is 3. The van der Waals surface area contributed by atoms with Crippen LogP contribution in [0.25, 0.3) is 0 Å². The minimum absolute atomic E-state index is 0.273. The van der Waals surface area contributed by atoms with Crippen LogP contribution in [0.5, 0.6) is 0 Å². The molecule has 0 atom stereocenters. The van der Waals surface area contributed by atoms with Gasteiger partial charge in [-0.3, -0.25) is 0 Å². The van der Waals surface area contributed by atoms with Crippen molar-refractivity contribution in [1.29, 1.82) is 0 Å². The molecule has 0 saturated carbocycles. The molecule has 112 valence electrons. The average Bonchev–Trinajstić information content (AvgIpc) is 2.73. The third-order valence-corrected chi connectivity index (χ3v) is 2.81. The third-order valence-electron chi connectivity index (χ3n) is 2.81. The van der Waals surface area contributed by atoms with Crippen LogP contribution >= 0.6 is 0 Å². The van der Waals surface area contributed by atoms with Crippen molar-refractivity contribution in [3.63, 3.8) is 0 Å². The zero-order chi connectivity index (χ0) is 15.1. The van der Waals surface area contributed by atoms with Crippen LogP contribution in [0.15, 0.2) is 0 Å². The number of H-pyrrole nitrogens is 1. The first-order valence-electron chi connectivity index (χ1n) is 6.61. The van der Waals surface area contributed by atoms with Gasteiger partial charge in [0, 0.05) is 18.4 Å². The summed E-state index contributed by atoms with van der Waals surface area (Å²) in [6, 6.07) is 0. The highest BCUT2D eigenvalue weighted by molar-refractivity contribution is 5.98. The van der Waals surface area contributed by atoms with Gasteiger partial charge >= 0.3 is 11.9 Å². The number of carbonyl (C=O) groups excluding carboxylic acids is 2. The fraction of sp³-hybridized carbons (Fsp3) is 0.571. The quantitative estimate of drug-likeness (QED) is 0.773. The number of aryl methyl sites for hydroxylation is 1. The largest absolute Gasteiger partial charge is 0.462 e. The number of aromatic nitrogens is 1. The first kappa shape index (κ1) is 16.2. The molecule has 6 heteroatoms. The Labute approximate surface area is 118 Å². The molecule has 1 rings (SSSR count). The van der Waals surface area contributed by atoms with E-state index < -0.39 is 11.9 Å². The molecule has 0 saturated heterocycles. The Morgan fingerprint density at radius 2 is 1.70 bits per heavy atom. The first-order valence-corrected chi connectivity index (χ1v) is 6.61. The molecular weight excluding hydrogens is 262 g/mol. The van der Waals surface area contributed by atoms with E-state index in [4.69, 9.17) is 14.2 Å². The maximum atomic E-state index is 12.0. The molecule has 0 bridgehead atoms. The van der Waals surface area contributed by atoms with Gasteiger partial charge in [-0.25, -0.2) is 9.59 Å². The zero-order valence-electron chi connectivity index (χ0n) is 12.4. The number of hydrogen-bond donors (Lipinski definition) is 1. The molecule has 0 aliphatic rings. The van der Waals surface area contributed by atoms with E-state index in [0.717, 1.165) is 0 Å². The molecule has 0 fully saturated rings. The van der Waals surface area contributed by atoms with Gasteiger partial charge in [0.15, 0.2) is 0 Å². The average molecular weight is 283 g/mol. The molecule has 20 heavy (non-hydrogen) atoms. The summed E-state index contributed by atoms with van der Waals surface area (Å²) in [5, 5.41) is 0. The molecule has 0 spiro atoms. The Morgan fingerprint density at radius 1 is 1.10 bits per heavy atom. The van der Waals surface area contributed by atoms with Gasteiger partial charge in [-0.1, -0.05) is 0 Å². The predicted molar refractivity (Wildman–Crippen MR) is 73.0 cm³/mol. The number of nitrogens with one attached hydrogen (secondary N) is 1. The maximum Gasteiger partial charge on any atom is 0.355 e.